The van der Waals surface area contributed by atoms with Gasteiger partial charge in [0.05, 0.1) is 0 Å². The molecule has 0 saturated carbocycles. The Morgan fingerprint density at radius 1 is 1.17 bits per heavy atom. The van der Waals surface area contributed by atoms with Gasteiger partial charge in [0.1, 0.15) is 5.54 Å². The Balaban J connectivity index is 1.69. The second-order valence-corrected chi connectivity index (χ2v) is 8.78. The third-order valence-electron chi connectivity index (χ3n) is 6.35. The molecule has 1 aromatic heterocycles. The molecule has 0 spiro atoms. The van der Waals surface area contributed by atoms with Crippen molar-refractivity contribution in [3.63, 3.8) is 0 Å². The number of rotatable bonds is 4. The molecule has 1 N–H and O–H groups in total. The third kappa shape index (κ3) is 3.65. The van der Waals surface area contributed by atoms with E-state index in [9.17, 15) is 4.79 Å². The van der Waals surface area contributed by atoms with E-state index in [1.54, 1.807) is 6.07 Å². The minimum Gasteiger partial charge on any atom is -0.326 e. The number of nitrogens with zero attached hydrogens (tertiary/aromatic N) is 1. The van der Waals surface area contributed by atoms with Crippen LogP contribution < -0.4 is 5.56 Å². The summed E-state index contributed by atoms with van der Waals surface area (Å²) in [4.78, 5) is 20.1. The monoisotopic (exact) mass is 398 g/mol. The van der Waals surface area contributed by atoms with Crippen LogP contribution in [0.5, 0.6) is 0 Å². The number of fused-ring (bicyclic) bond motifs is 4. The van der Waals surface area contributed by atoms with E-state index in [4.69, 9.17) is 4.99 Å². The van der Waals surface area contributed by atoms with E-state index in [1.807, 2.05) is 18.4 Å². The van der Waals surface area contributed by atoms with Crippen LogP contribution >= 0.6 is 0 Å². The predicted octanol–water partition coefficient (Wildman–Crippen LogP) is 5.95. The van der Waals surface area contributed by atoms with Crippen molar-refractivity contribution < 1.29 is 0 Å². The fraction of sp³-hybridized carbons (Fsp3) is 0.333. The minimum absolute atomic E-state index is 0.0414. The van der Waals surface area contributed by atoms with E-state index in [0.717, 1.165) is 24.1 Å². The summed E-state index contributed by atoms with van der Waals surface area (Å²) < 4.78 is 0. The molecule has 2 atom stereocenters. The summed E-state index contributed by atoms with van der Waals surface area (Å²) in [5.41, 5.74) is 6.88. The quantitative estimate of drug-likeness (QED) is 0.502. The fourth-order valence-corrected chi connectivity index (χ4v) is 4.97. The maximum absolute atomic E-state index is 11.9. The molecule has 1 aromatic carbocycles. The van der Waals surface area contributed by atoms with Crippen LogP contribution in [0, 0.1) is 5.92 Å². The average molecular weight is 399 g/mol. The van der Waals surface area contributed by atoms with Gasteiger partial charge in [0.15, 0.2) is 0 Å². The van der Waals surface area contributed by atoms with Crippen LogP contribution in [-0.2, 0) is 12.0 Å². The van der Waals surface area contributed by atoms with Crippen molar-refractivity contribution in [3.05, 3.63) is 98.5 Å². The molecule has 3 heteroatoms. The third-order valence-corrected chi connectivity index (χ3v) is 6.35. The number of benzene rings is 1. The molecule has 2 aliphatic rings. The van der Waals surface area contributed by atoms with Crippen LogP contribution in [0.1, 0.15) is 62.4 Å². The molecule has 30 heavy (non-hydrogen) atoms. The van der Waals surface area contributed by atoms with Crippen LogP contribution in [-0.4, -0.2) is 11.2 Å². The summed E-state index contributed by atoms with van der Waals surface area (Å²) >= 11 is 0. The maximum atomic E-state index is 11.9. The number of hydrogen-bond acceptors (Lipinski definition) is 2. The standard InChI is InChI=1S/C27H30N2O/c1-5-23-22-15-19(4)17-27(23,24-12-13-26(30)29-25(24)16-22)28-14-6-7-20-8-10-21(11-9-20)18(2)3/h5-15,18,22H,16-17H2,1-4H3,(H,29,30)/b7-6+,23-5+,28-14?/t22-,27+/m0/s1. The van der Waals surface area contributed by atoms with E-state index >= 15 is 0 Å². The molecule has 154 valence electrons. The van der Waals surface area contributed by atoms with Crippen molar-refractivity contribution in [2.75, 3.05) is 0 Å². The molecular weight excluding hydrogens is 368 g/mol. The van der Waals surface area contributed by atoms with Gasteiger partial charge in [-0.1, -0.05) is 61.9 Å². The Morgan fingerprint density at radius 2 is 1.93 bits per heavy atom. The number of hydrogen-bond donors (Lipinski definition) is 1. The lowest BCUT2D eigenvalue weighted by molar-refractivity contribution is 0.413. The first-order chi connectivity index (χ1) is 14.4. The first-order valence-corrected chi connectivity index (χ1v) is 10.8. The second-order valence-electron chi connectivity index (χ2n) is 8.78. The number of pyridine rings is 1. The van der Waals surface area contributed by atoms with Gasteiger partial charge in [-0.3, -0.25) is 9.79 Å². The van der Waals surface area contributed by atoms with Crippen molar-refractivity contribution in [2.45, 2.75) is 52.0 Å². The van der Waals surface area contributed by atoms with E-state index in [-0.39, 0.29) is 5.56 Å². The molecule has 2 bridgehead atoms. The topological polar surface area (TPSA) is 45.2 Å². The van der Waals surface area contributed by atoms with Gasteiger partial charge in [0, 0.05) is 35.9 Å². The molecule has 3 nitrogen and oxygen atoms in total. The van der Waals surface area contributed by atoms with Gasteiger partial charge in [-0.05, 0) is 55.0 Å². The van der Waals surface area contributed by atoms with E-state index in [1.165, 1.54) is 22.3 Å². The molecule has 0 radical (unpaired) electrons. The van der Waals surface area contributed by atoms with Crippen molar-refractivity contribution in [2.24, 2.45) is 10.9 Å². The van der Waals surface area contributed by atoms with Crippen LogP contribution in [0.15, 0.2) is 75.6 Å². The van der Waals surface area contributed by atoms with Crippen molar-refractivity contribution in [3.8, 4) is 0 Å². The molecule has 0 unspecified atom stereocenters. The lowest BCUT2D eigenvalue weighted by Gasteiger charge is -2.45. The van der Waals surface area contributed by atoms with Crippen LogP contribution in [0.25, 0.3) is 6.08 Å². The summed E-state index contributed by atoms with van der Waals surface area (Å²) in [5.74, 6) is 0.829. The minimum atomic E-state index is -0.429. The summed E-state index contributed by atoms with van der Waals surface area (Å²) in [6.07, 6.45) is 12.3. The molecule has 2 aromatic rings. The molecule has 2 aliphatic carbocycles. The normalized spacial score (nSPS) is 24.6. The van der Waals surface area contributed by atoms with Crippen molar-refractivity contribution in [1.29, 1.82) is 0 Å². The Labute approximate surface area is 179 Å². The summed E-state index contributed by atoms with van der Waals surface area (Å²) in [6.45, 7) is 8.70. The molecule has 4 rings (SSSR count). The number of aliphatic imine (C=N–C) groups is 1. The van der Waals surface area contributed by atoms with Gasteiger partial charge in [0.25, 0.3) is 0 Å². The van der Waals surface area contributed by atoms with E-state index in [2.05, 4.69) is 75.2 Å². The zero-order chi connectivity index (χ0) is 21.3. The van der Waals surface area contributed by atoms with Crippen molar-refractivity contribution in [1.82, 2.24) is 4.98 Å². The number of aromatic amines is 1. The second kappa shape index (κ2) is 8.06. The molecule has 0 saturated heterocycles. The molecule has 1 heterocycles. The summed E-state index contributed by atoms with van der Waals surface area (Å²) in [6, 6.07) is 12.3. The van der Waals surface area contributed by atoms with Gasteiger partial charge in [-0.15, -0.1) is 0 Å². The maximum Gasteiger partial charge on any atom is 0.248 e. The van der Waals surface area contributed by atoms with Crippen LogP contribution in [0.3, 0.4) is 0 Å². The van der Waals surface area contributed by atoms with Gasteiger partial charge in [-0.2, -0.15) is 0 Å². The number of aromatic nitrogens is 1. The summed E-state index contributed by atoms with van der Waals surface area (Å²) in [7, 11) is 0. The average Bonchev–Trinajstić information content (AvgIpc) is 2.71. The van der Waals surface area contributed by atoms with Gasteiger partial charge in [-0.25, -0.2) is 0 Å². The highest BCUT2D eigenvalue weighted by atomic mass is 16.1. The van der Waals surface area contributed by atoms with Gasteiger partial charge < -0.3 is 4.98 Å². The summed E-state index contributed by atoms with van der Waals surface area (Å²) in [5, 5.41) is 0. The zero-order valence-electron chi connectivity index (χ0n) is 18.3. The first-order valence-electron chi connectivity index (χ1n) is 10.8. The smallest absolute Gasteiger partial charge is 0.248 e. The van der Waals surface area contributed by atoms with Crippen molar-refractivity contribution >= 4 is 12.3 Å². The lowest BCUT2D eigenvalue weighted by Crippen LogP contribution is -2.40. The van der Waals surface area contributed by atoms with Gasteiger partial charge >= 0.3 is 0 Å². The van der Waals surface area contributed by atoms with Gasteiger partial charge in [0.2, 0.25) is 5.56 Å². The highest BCUT2D eigenvalue weighted by Gasteiger charge is 2.46. The zero-order valence-corrected chi connectivity index (χ0v) is 18.3. The van der Waals surface area contributed by atoms with E-state index in [0.29, 0.717) is 11.8 Å². The Kier molecular flexibility index (Phi) is 5.46. The number of nitrogens with one attached hydrogen (secondary N) is 1. The Hall–Kier alpha value is -2.94. The predicted molar refractivity (Wildman–Crippen MR) is 126 cm³/mol. The molecular formula is C27H30N2O. The molecule has 0 amide bonds. The fourth-order valence-electron chi connectivity index (χ4n) is 4.97. The molecule has 0 fully saturated rings. The number of H-pyrrole nitrogens is 1. The van der Waals surface area contributed by atoms with Crippen LogP contribution in [0.4, 0.5) is 0 Å². The highest BCUT2D eigenvalue weighted by Crippen LogP contribution is 2.51. The largest absolute Gasteiger partial charge is 0.326 e. The number of allylic oxidation sites excluding steroid dienone is 3. The van der Waals surface area contributed by atoms with Crippen LogP contribution in [0.2, 0.25) is 0 Å². The lowest BCUT2D eigenvalue weighted by atomic mass is 9.63. The highest BCUT2D eigenvalue weighted by molar-refractivity contribution is 5.79. The Bertz CT molecular complexity index is 1110. The molecule has 0 aliphatic heterocycles. The SMILES string of the molecule is C/C=C1\[C@H]2C=C(C)C[C@]1(N=C/C=C/c1ccc(C(C)C)cc1)c1ccc(=O)[nH]c1C2. The Morgan fingerprint density at radius 3 is 2.63 bits per heavy atom. The van der Waals surface area contributed by atoms with E-state index < -0.39 is 5.54 Å². The first kappa shape index (κ1) is 20.3.